The van der Waals surface area contributed by atoms with E-state index in [4.69, 9.17) is 10.5 Å². The molecule has 0 aromatic heterocycles. The molecule has 1 rings (SSSR count). The number of carbonyl (C=O) groups excluding carboxylic acids is 4. The molecule has 0 unspecified atom stereocenters. The van der Waals surface area contributed by atoms with Crippen LogP contribution in [0.4, 0.5) is 4.79 Å². The smallest absolute Gasteiger partial charge is 0.329 e. The molecule has 0 saturated heterocycles. The Labute approximate surface area is 139 Å². The standard InChI is InChI=1S/C16H19N3O5/c1-10(15(22)24-11(2)14(21)19-16(17)23)18-13(20)9-8-12-6-4-3-5-7-12/h3-11H,1-2H3,(H,18,20)(H3,17,19,21,23)/b9-8+/t10-,11-/m0/s1. The SMILES string of the molecule is C[C@H](NC(=O)/C=C/c1ccccc1)C(=O)O[C@@H](C)C(=O)NC(N)=O. The number of ether oxygens (including phenoxy) is 1. The minimum Gasteiger partial charge on any atom is -0.451 e. The molecule has 8 heteroatoms. The van der Waals surface area contributed by atoms with Gasteiger partial charge in [0.05, 0.1) is 0 Å². The molecule has 0 spiro atoms. The summed E-state index contributed by atoms with van der Waals surface area (Å²) < 4.78 is 4.84. The largest absolute Gasteiger partial charge is 0.451 e. The lowest BCUT2D eigenvalue weighted by Crippen LogP contribution is -2.45. The molecule has 0 aliphatic carbocycles. The Morgan fingerprint density at radius 2 is 1.75 bits per heavy atom. The Morgan fingerprint density at radius 1 is 1.12 bits per heavy atom. The van der Waals surface area contributed by atoms with Gasteiger partial charge in [-0.3, -0.25) is 14.9 Å². The van der Waals surface area contributed by atoms with Crippen molar-refractivity contribution in [2.75, 3.05) is 0 Å². The van der Waals surface area contributed by atoms with Crippen LogP contribution >= 0.6 is 0 Å². The molecule has 4 amide bonds. The van der Waals surface area contributed by atoms with Crippen LogP contribution < -0.4 is 16.4 Å². The van der Waals surface area contributed by atoms with Crippen molar-refractivity contribution in [2.24, 2.45) is 5.73 Å². The average molecular weight is 333 g/mol. The highest BCUT2D eigenvalue weighted by molar-refractivity contribution is 5.97. The lowest BCUT2D eigenvalue weighted by molar-refractivity contribution is -0.156. The van der Waals surface area contributed by atoms with Gasteiger partial charge in [-0.05, 0) is 25.5 Å². The fraction of sp³-hybridized carbons (Fsp3) is 0.250. The summed E-state index contributed by atoms with van der Waals surface area (Å²) in [7, 11) is 0. The molecule has 0 saturated carbocycles. The van der Waals surface area contributed by atoms with Crippen LogP contribution in [0.2, 0.25) is 0 Å². The van der Waals surface area contributed by atoms with Gasteiger partial charge in [0.2, 0.25) is 5.91 Å². The summed E-state index contributed by atoms with van der Waals surface area (Å²) in [5.74, 6) is -2.15. The first-order valence-electron chi connectivity index (χ1n) is 7.14. The Bertz CT molecular complexity index is 642. The Morgan fingerprint density at radius 3 is 2.33 bits per heavy atom. The fourth-order valence-corrected chi connectivity index (χ4v) is 1.61. The van der Waals surface area contributed by atoms with Gasteiger partial charge in [0.15, 0.2) is 6.10 Å². The van der Waals surface area contributed by atoms with Gasteiger partial charge in [-0.15, -0.1) is 0 Å². The van der Waals surface area contributed by atoms with Gasteiger partial charge in [-0.2, -0.15) is 0 Å². The average Bonchev–Trinajstić information content (AvgIpc) is 2.53. The van der Waals surface area contributed by atoms with Crippen molar-refractivity contribution in [1.29, 1.82) is 0 Å². The monoisotopic (exact) mass is 333 g/mol. The lowest BCUT2D eigenvalue weighted by Gasteiger charge is -2.16. The highest BCUT2D eigenvalue weighted by Crippen LogP contribution is 2.01. The van der Waals surface area contributed by atoms with Crippen LogP contribution in [-0.4, -0.2) is 36.0 Å². The third kappa shape index (κ3) is 6.73. The third-order valence-corrected chi connectivity index (χ3v) is 2.85. The number of hydrogen-bond donors (Lipinski definition) is 3. The first-order valence-corrected chi connectivity index (χ1v) is 7.14. The summed E-state index contributed by atoms with van der Waals surface area (Å²) in [5, 5.41) is 4.20. The summed E-state index contributed by atoms with van der Waals surface area (Å²) in [4.78, 5) is 45.5. The Hall–Kier alpha value is -3.16. The van der Waals surface area contributed by atoms with E-state index in [1.807, 2.05) is 30.3 Å². The van der Waals surface area contributed by atoms with Crippen LogP contribution in [0, 0.1) is 0 Å². The third-order valence-electron chi connectivity index (χ3n) is 2.85. The summed E-state index contributed by atoms with van der Waals surface area (Å²) in [6.45, 7) is 2.69. The zero-order valence-corrected chi connectivity index (χ0v) is 13.3. The van der Waals surface area contributed by atoms with Gasteiger partial charge in [0.25, 0.3) is 5.91 Å². The maximum Gasteiger partial charge on any atom is 0.329 e. The van der Waals surface area contributed by atoms with E-state index in [-0.39, 0.29) is 0 Å². The number of rotatable bonds is 6. The minimum absolute atomic E-state index is 0.488. The summed E-state index contributed by atoms with van der Waals surface area (Å²) >= 11 is 0. The van der Waals surface area contributed by atoms with Gasteiger partial charge in [-0.1, -0.05) is 30.3 Å². The molecule has 0 radical (unpaired) electrons. The molecule has 2 atom stereocenters. The van der Waals surface area contributed by atoms with Gasteiger partial charge in [0.1, 0.15) is 6.04 Å². The molecule has 24 heavy (non-hydrogen) atoms. The zero-order valence-electron chi connectivity index (χ0n) is 13.3. The van der Waals surface area contributed by atoms with Crippen molar-refractivity contribution in [3.8, 4) is 0 Å². The first kappa shape index (κ1) is 18.9. The van der Waals surface area contributed by atoms with Crippen LogP contribution in [0.3, 0.4) is 0 Å². The highest BCUT2D eigenvalue weighted by Gasteiger charge is 2.23. The van der Waals surface area contributed by atoms with Crippen molar-refractivity contribution >= 4 is 29.9 Å². The number of urea groups is 1. The molecular weight excluding hydrogens is 314 g/mol. The van der Waals surface area contributed by atoms with Crippen LogP contribution in [0.1, 0.15) is 19.4 Å². The summed E-state index contributed by atoms with van der Waals surface area (Å²) in [6.07, 6.45) is 1.66. The number of nitrogens with one attached hydrogen (secondary N) is 2. The van der Waals surface area contributed by atoms with Gasteiger partial charge in [-0.25, -0.2) is 9.59 Å². The molecule has 1 aromatic carbocycles. The van der Waals surface area contributed by atoms with Gasteiger partial charge < -0.3 is 15.8 Å². The quantitative estimate of drug-likeness (QED) is 0.510. The number of imide groups is 1. The maximum atomic E-state index is 11.8. The Kier molecular flexibility index (Phi) is 7.15. The first-order chi connectivity index (χ1) is 11.3. The van der Waals surface area contributed by atoms with Crippen LogP contribution in [0.5, 0.6) is 0 Å². The van der Waals surface area contributed by atoms with Crippen molar-refractivity contribution in [3.63, 3.8) is 0 Å². The Balaban J connectivity index is 2.48. The second kappa shape index (κ2) is 9.09. The molecule has 128 valence electrons. The molecular formula is C16H19N3O5. The molecule has 0 bridgehead atoms. The van der Waals surface area contributed by atoms with E-state index in [0.717, 1.165) is 5.56 Å². The molecule has 8 nitrogen and oxygen atoms in total. The van der Waals surface area contributed by atoms with Crippen molar-refractivity contribution in [2.45, 2.75) is 26.0 Å². The van der Waals surface area contributed by atoms with Crippen LogP contribution in [0.15, 0.2) is 36.4 Å². The maximum absolute atomic E-state index is 11.8. The number of esters is 1. The lowest BCUT2D eigenvalue weighted by atomic mass is 10.2. The fourth-order valence-electron chi connectivity index (χ4n) is 1.61. The molecule has 0 aliphatic rings. The predicted molar refractivity (Wildman–Crippen MR) is 86.4 cm³/mol. The van der Waals surface area contributed by atoms with Crippen molar-refractivity contribution in [3.05, 3.63) is 42.0 Å². The second-order valence-corrected chi connectivity index (χ2v) is 4.91. The van der Waals surface area contributed by atoms with Gasteiger partial charge in [0, 0.05) is 6.08 Å². The normalized spacial score (nSPS) is 12.9. The summed E-state index contributed by atoms with van der Waals surface area (Å²) in [6, 6.07) is 7.13. The van der Waals surface area contributed by atoms with Crippen LogP contribution in [0.25, 0.3) is 6.08 Å². The van der Waals surface area contributed by atoms with Crippen molar-refractivity contribution < 1.29 is 23.9 Å². The number of nitrogens with two attached hydrogens (primary N) is 1. The molecule has 0 fully saturated rings. The zero-order chi connectivity index (χ0) is 18.1. The molecule has 0 aliphatic heterocycles. The van der Waals surface area contributed by atoms with E-state index in [1.54, 1.807) is 11.4 Å². The molecule has 0 heterocycles. The van der Waals surface area contributed by atoms with E-state index < -0.39 is 36.0 Å². The van der Waals surface area contributed by atoms with Crippen molar-refractivity contribution in [1.82, 2.24) is 10.6 Å². The topological polar surface area (TPSA) is 128 Å². The van der Waals surface area contributed by atoms with E-state index in [9.17, 15) is 19.2 Å². The van der Waals surface area contributed by atoms with Gasteiger partial charge >= 0.3 is 12.0 Å². The number of primary amides is 1. The number of benzene rings is 1. The van der Waals surface area contributed by atoms with E-state index in [2.05, 4.69) is 5.32 Å². The van der Waals surface area contributed by atoms with E-state index >= 15 is 0 Å². The highest BCUT2D eigenvalue weighted by atomic mass is 16.5. The predicted octanol–water partition coefficient (Wildman–Crippen LogP) is 0.331. The van der Waals surface area contributed by atoms with E-state index in [0.29, 0.717) is 0 Å². The van der Waals surface area contributed by atoms with E-state index in [1.165, 1.54) is 19.9 Å². The van der Waals surface area contributed by atoms with Crippen LogP contribution in [-0.2, 0) is 19.1 Å². The summed E-state index contributed by atoms with van der Waals surface area (Å²) in [5.41, 5.74) is 5.63. The molecule has 4 N–H and O–H groups in total. The number of amides is 4. The molecule has 1 aromatic rings. The minimum atomic E-state index is -1.22. The second-order valence-electron chi connectivity index (χ2n) is 4.91. The number of hydrogen-bond acceptors (Lipinski definition) is 5. The number of carbonyl (C=O) groups is 4.